The predicted octanol–water partition coefficient (Wildman–Crippen LogP) is 8.19. The van der Waals surface area contributed by atoms with E-state index in [2.05, 4.69) is 142 Å². The second kappa shape index (κ2) is 10.5. The van der Waals surface area contributed by atoms with Gasteiger partial charge < -0.3 is 4.74 Å². The normalized spacial score (nSPS) is 14.9. The zero-order valence-corrected chi connectivity index (χ0v) is 25.4. The Labute approximate surface area is 233 Å². The van der Waals surface area contributed by atoms with Crippen molar-refractivity contribution in [2.45, 2.75) is 51.9 Å². The van der Waals surface area contributed by atoms with Gasteiger partial charge in [-0.25, -0.2) is 0 Å². The van der Waals surface area contributed by atoms with E-state index in [1.165, 1.54) is 50.1 Å². The summed E-state index contributed by atoms with van der Waals surface area (Å²) in [5, 5.41) is 1.13. The molecule has 0 heterocycles. The fourth-order valence-electron chi connectivity index (χ4n) is 6.20. The summed E-state index contributed by atoms with van der Waals surface area (Å²) in [5.74, 6) is 1.06. The molecule has 191 valence electrons. The molecule has 0 fully saturated rings. The van der Waals surface area contributed by atoms with Gasteiger partial charge in [0.05, 0.1) is 24.9 Å². The van der Waals surface area contributed by atoms with Crippen LogP contribution in [-0.2, 0) is 0 Å². The van der Waals surface area contributed by atoms with Crippen molar-refractivity contribution in [3.8, 4) is 5.75 Å². The van der Waals surface area contributed by atoms with Crippen molar-refractivity contribution < 1.29 is 4.74 Å². The summed E-state index contributed by atoms with van der Waals surface area (Å²) in [6, 6.07) is 30.7. The monoisotopic (exact) mass is 529 g/mol. The number of ether oxygens (including phenoxy) is 1. The van der Waals surface area contributed by atoms with Crippen molar-refractivity contribution in [3.05, 3.63) is 129 Å². The van der Waals surface area contributed by atoms with Crippen LogP contribution >= 0.6 is 0 Å². The Morgan fingerprint density at radius 3 is 1.89 bits per heavy atom. The third kappa shape index (κ3) is 4.63. The number of hydrogen-bond donors (Lipinski definition) is 0. The van der Waals surface area contributed by atoms with Crippen molar-refractivity contribution in [3.63, 3.8) is 0 Å². The highest BCUT2D eigenvalue weighted by molar-refractivity contribution is 6.79. The lowest BCUT2D eigenvalue weighted by Crippen LogP contribution is -2.32. The van der Waals surface area contributed by atoms with E-state index in [1.54, 1.807) is 0 Å². The van der Waals surface area contributed by atoms with Gasteiger partial charge in [0.25, 0.3) is 0 Å². The molecule has 0 aromatic heterocycles. The first kappa shape index (κ1) is 26.5. The number of fused-ring (bicyclic) bond motifs is 1. The van der Waals surface area contributed by atoms with Gasteiger partial charge in [-0.1, -0.05) is 116 Å². The van der Waals surface area contributed by atoms with Crippen molar-refractivity contribution in [1.82, 2.24) is 0 Å². The first-order chi connectivity index (χ1) is 18.2. The second-order valence-electron chi connectivity index (χ2n) is 11.5. The molecule has 0 bridgehead atoms. The molecule has 3 radical (unpaired) electrons. The minimum absolute atomic E-state index is 0.0409. The summed E-state index contributed by atoms with van der Waals surface area (Å²) in [6.45, 7) is 14.7. The fourth-order valence-corrected chi connectivity index (χ4v) is 9.00. The molecule has 1 aliphatic rings. The van der Waals surface area contributed by atoms with Crippen LogP contribution in [0.2, 0.25) is 19.6 Å². The Bertz CT molecular complexity index is 1440. The van der Waals surface area contributed by atoms with Gasteiger partial charge >= 0.3 is 0 Å². The van der Waals surface area contributed by atoms with Crippen LogP contribution in [-0.4, -0.2) is 24.9 Å². The van der Waals surface area contributed by atoms with Gasteiger partial charge in [-0.2, -0.15) is 0 Å². The smallest absolute Gasteiger partial charge is 0.131 e. The maximum absolute atomic E-state index is 6.72. The molecule has 5 rings (SSSR count). The molecule has 0 aliphatic heterocycles. The largest absolute Gasteiger partial charge is 0.493 e. The molecule has 38 heavy (non-hydrogen) atoms. The van der Waals surface area contributed by atoms with Crippen LogP contribution in [0.25, 0.3) is 11.6 Å². The number of benzene rings is 4. The Kier molecular flexibility index (Phi) is 7.35. The molecule has 4 aromatic rings. The molecule has 1 aliphatic carbocycles. The first-order valence-electron chi connectivity index (χ1n) is 13.7. The third-order valence-electron chi connectivity index (χ3n) is 7.98. The van der Waals surface area contributed by atoms with Gasteiger partial charge in [-0.3, -0.25) is 0 Å². The van der Waals surface area contributed by atoms with Crippen molar-refractivity contribution in [2.75, 3.05) is 6.61 Å². The summed E-state index contributed by atoms with van der Waals surface area (Å²) in [4.78, 5) is 0. The van der Waals surface area contributed by atoms with Gasteiger partial charge in [0, 0.05) is 22.6 Å². The minimum Gasteiger partial charge on any atom is -0.493 e. The molecule has 1 atom stereocenters. The van der Waals surface area contributed by atoms with Crippen molar-refractivity contribution in [1.29, 1.82) is 0 Å². The maximum Gasteiger partial charge on any atom is 0.131 e. The number of rotatable bonds is 7. The van der Waals surface area contributed by atoms with Gasteiger partial charge in [-0.15, -0.1) is 0 Å². The van der Waals surface area contributed by atoms with Crippen LogP contribution in [0.15, 0.2) is 84.9 Å². The molecule has 1 nitrogen and oxygen atoms in total. The molecule has 3 heteroatoms. The lowest BCUT2D eigenvalue weighted by molar-refractivity contribution is 0.335. The maximum atomic E-state index is 6.72. The van der Waals surface area contributed by atoms with Gasteiger partial charge in [0.2, 0.25) is 0 Å². The van der Waals surface area contributed by atoms with Gasteiger partial charge in [0.1, 0.15) is 5.75 Å². The zero-order valence-electron chi connectivity index (χ0n) is 23.4. The minimum atomic E-state index is -1.63. The van der Waals surface area contributed by atoms with Crippen LogP contribution in [0, 0.1) is 13.8 Å². The first-order valence-corrected chi connectivity index (χ1v) is 17.7. The van der Waals surface area contributed by atoms with Crippen LogP contribution in [0.1, 0.15) is 62.9 Å². The Morgan fingerprint density at radius 1 is 0.789 bits per heavy atom. The molecule has 0 saturated carbocycles. The van der Waals surface area contributed by atoms with E-state index >= 15 is 0 Å². The molecular formula is C35H37OSi2. The van der Waals surface area contributed by atoms with E-state index in [-0.39, 0.29) is 5.92 Å². The SMILES string of the molecule is CCOc1c(C2=Cc3ccccc3C2[Si](C)(C)C)c(C)c(C)c([Si])c1C(c1ccccc1)c1ccccc1. The van der Waals surface area contributed by atoms with Crippen molar-refractivity contribution >= 4 is 35.2 Å². The predicted molar refractivity (Wildman–Crippen MR) is 167 cm³/mol. The topological polar surface area (TPSA) is 9.23 Å². The molecule has 0 spiro atoms. The van der Waals surface area contributed by atoms with Gasteiger partial charge in [0.15, 0.2) is 0 Å². The molecule has 0 amide bonds. The summed E-state index contributed by atoms with van der Waals surface area (Å²) < 4.78 is 6.72. The van der Waals surface area contributed by atoms with E-state index in [0.717, 1.165) is 10.9 Å². The highest BCUT2D eigenvalue weighted by Crippen LogP contribution is 2.52. The average Bonchev–Trinajstić information content (AvgIpc) is 3.30. The van der Waals surface area contributed by atoms with Gasteiger partial charge in [-0.05, 0) is 59.7 Å². The average molecular weight is 530 g/mol. The highest BCUT2D eigenvalue weighted by Gasteiger charge is 2.39. The van der Waals surface area contributed by atoms with E-state index in [9.17, 15) is 0 Å². The fraction of sp³-hybridized carbons (Fsp3) is 0.257. The summed E-state index contributed by atoms with van der Waals surface area (Å²) in [5.41, 5.74) is 12.2. The van der Waals surface area contributed by atoms with E-state index in [1.807, 2.05) is 0 Å². The Hall–Kier alpha value is -3.15. The highest BCUT2D eigenvalue weighted by atomic mass is 28.3. The number of hydrogen-bond acceptors (Lipinski definition) is 1. The van der Waals surface area contributed by atoms with Crippen molar-refractivity contribution in [2.24, 2.45) is 0 Å². The second-order valence-corrected chi connectivity index (χ2v) is 17.3. The summed E-state index contributed by atoms with van der Waals surface area (Å²) in [7, 11) is 2.52. The molecule has 4 aromatic carbocycles. The van der Waals surface area contributed by atoms with Crippen LogP contribution in [0.5, 0.6) is 5.75 Å². The third-order valence-corrected chi connectivity index (χ3v) is 11.0. The van der Waals surface area contributed by atoms with E-state index in [4.69, 9.17) is 4.74 Å². The molecule has 1 unspecified atom stereocenters. The molecular weight excluding hydrogens is 493 g/mol. The zero-order chi connectivity index (χ0) is 27.0. The Morgan fingerprint density at radius 2 is 1.34 bits per heavy atom. The summed E-state index contributed by atoms with van der Waals surface area (Å²) >= 11 is 0. The van der Waals surface area contributed by atoms with E-state index in [0.29, 0.717) is 12.1 Å². The quantitative estimate of drug-likeness (QED) is 0.173. The van der Waals surface area contributed by atoms with Crippen LogP contribution < -0.4 is 9.92 Å². The standard InChI is InChI=1S/C35H37OSi2/c1-7-36-33-30(29-22-27-20-14-15-21-28(27)35(29)38(4,5)6)23(2)24(3)34(37)32(33)31(25-16-10-8-11-17-25)26-18-12-9-13-19-26/h8-22,31,35H,7H2,1-6H3. The summed E-state index contributed by atoms with van der Waals surface area (Å²) in [6.07, 6.45) is 2.44. The lowest BCUT2D eigenvalue weighted by Gasteiger charge is -2.33. The van der Waals surface area contributed by atoms with Crippen LogP contribution in [0.4, 0.5) is 0 Å². The molecule has 0 N–H and O–H groups in total. The van der Waals surface area contributed by atoms with Crippen LogP contribution in [0.3, 0.4) is 0 Å². The Balaban J connectivity index is 1.86. The molecule has 0 saturated heterocycles. The van der Waals surface area contributed by atoms with E-state index < -0.39 is 8.07 Å². The number of allylic oxidation sites excluding steroid dienone is 1. The lowest BCUT2D eigenvalue weighted by atomic mass is 9.80.